The van der Waals surface area contributed by atoms with Gasteiger partial charge in [0.1, 0.15) is 11.5 Å². The number of aromatic nitrogens is 3. The quantitative estimate of drug-likeness (QED) is 0.776. The number of thiazole rings is 1. The van der Waals surface area contributed by atoms with Crippen LogP contribution in [0.5, 0.6) is 0 Å². The molecule has 4 heterocycles. The fourth-order valence-corrected chi connectivity index (χ4v) is 4.78. The molecule has 1 spiro atoms. The van der Waals surface area contributed by atoms with E-state index in [0.29, 0.717) is 30.9 Å². The van der Waals surface area contributed by atoms with Gasteiger partial charge >= 0.3 is 0 Å². The first-order valence-electron chi connectivity index (χ1n) is 9.65. The number of likely N-dealkylation sites (N-methyl/N-ethyl adjacent to an activating group) is 1. The highest BCUT2D eigenvalue weighted by Crippen LogP contribution is 2.40. The Hall–Kier alpha value is -2.35. The van der Waals surface area contributed by atoms with Gasteiger partial charge in [-0.05, 0) is 19.8 Å². The average Bonchev–Trinajstić information content (AvgIpc) is 3.12. The summed E-state index contributed by atoms with van der Waals surface area (Å²) in [7, 11) is 1.83. The maximum absolute atomic E-state index is 12.8. The van der Waals surface area contributed by atoms with Crippen molar-refractivity contribution in [3.05, 3.63) is 39.4 Å². The lowest BCUT2D eigenvalue weighted by atomic mass is 9.71. The van der Waals surface area contributed by atoms with Gasteiger partial charge in [0.05, 0.1) is 16.3 Å². The lowest BCUT2D eigenvalue weighted by molar-refractivity contribution is 0.0537. The third-order valence-electron chi connectivity index (χ3n) is 5.79. The van der Waals surface area contributed by atoms with Crippen molar-refractivity contribution < 1.29 is 9.59 Å². The highest BCUT2D eigenvalue weighted by Gasteiger charge is 2.46. The van der Waals surface area contributed by atoms with Crippen LogP contribution < -0.4 is 0 Å². The van der Waals surface area contributed by atoms with Gasteiger partial charge < -0.3 is 9.80 Å². The minimum absolute atomic E-state index is 0.00905. The Bertz CT molecular complexity index is 930. The van der Waals surface area contributed by atoms with Crippen molar-refractivity contribution >= 4 is 23.2 Å². The fourth-order valence-electron chi connectivity index (χ4n) is 4.20. The molecule has 0 N–H and O–H groups in total. The van der Waals surface area contributed by atoms with Gasteiger partial charge in [-0.15, -0.1) is 11.3 Å². The Balaban J connectivity index is 1.62. The van der Waals surface area contributed by atoms with E-state index in [1.165, 1.54) is 11.3 Å². The van der Waals surface area contributed by atoms with Gasteiger partial charge in [-0.25, -0.2) is 15.0 Å². The Morgan fingerprint density at radius 2 is 1.96 bits per heavy atom. The van der Waals surface area contributed by atoms with Gasteiger partial charge in [0.25, 0.3) is 11.8 Å². The van der Waals surface area contributed by atoms with Crippen LogP contribution in [-0.4, -0.2) is 63.2 Å². The molecule has 2 aliphatic heterocycles. The van der Waals surface area contributed by atoms with Gasteiger partial charge in [-0.3, -0.25) is 9.59 Å². The highest BCUT2D eigenvalue weighted by molar-refractivity contribution is 7.09. The van der Waals surface area contributed by atoms with Crippen molar-refractivity contribution in [1.82, 2.24) is 24.8 Å². The zero-order chi connectivity index (χ0) is 20.1. The molecular formula is C20H25N5O2S. The van der Waals surface area contributed by atoms with Crippen molar-refractivity contribution in [3.63, 3.8) is 0 Å². The molecule has 2 aromatic rings. The molecule has 2 aromatic heterocycles. The second-order valence-corrected chi connectivity index (χ2v) is 9.19. The molecule has 0 atom stereocenters. The second kappa shape index (κ2) is 6.92. The Morgan fingerprint density at radius 1 is 1.25 bits per heavy atom. The fraction of sp³-hybridized carbons (Fsp3) is 0.550. The summed E-state index contributed by atoms with van der Waals surface area (Å²) in [5.41, 5.74) is 1.78. The number of carbonyl (C=O) groups excluding carboxylic acids is 2. The van der Waals surface area contributed by atoms with Crippen LogP contribution in [0.25, 0.3) is 0 Å². The Kier molecular flexibility index (Phi) is 4.69. The summed E-state index contributed by atoms with van der Waals surface area (Å²) in [5, 5.41) is 2.73. The standard InChI is InChI=1S/C20H25N5O2S/c1-12(2)17-21-9-14-16(23-17)20(11-24(4)18(14)26)5-7-25(8-6-20)19(27)15-10-28-13(3)22-15/h9-10,12H,5-8,11H2,1-4H3. The van der Waals surface area contributed by atoms with E-state index in [1.54, 1.807) is 11.1 Å². The topological polar surface area (TPSA) is 79.3 Å². The predicted molar refractivity (Wildman–Crippen MR) is 107 cm³/mol. The monoisotopic (exact) mass is 399 g/mol. The van der Waals surface area contributed by atoms with E-state index in [-0.39, 0.29) is 23.1 Å². The zero-order valence-corrected chi connectivity index (χ0v) is 17.5. The number of carbonyl (C=O) groups is 2. The van der Waals surface area contributed by atoms with Crippen molar-refractivity contribution in [1.29, 1.82) is 0 Å². The van der Waals surface area contributed by atoms with Crippen LogP contribution >= 0.6 is 11.3 Å². The van der Waals surface area contributed by atoms with E-state index in [9.17, 15) is 9.59 Å². The van der Waals surface area contributed by atoms with Gasteiger partial charge in [0, 0.05) is 49.6 Å². The number of likely N-dealkylation sites (tertiary alicyclic amines) is 1. The molecule has 28 heavy (non-hydrogen) atoms. The van der Waals surface area contributed by atoms with Crippen LogP contribution in [0.3, 0.4) is 0 Å². The summed E-state index contributed by atoms with van der Waals surface area (Å²) in [6.45, 7) is 7.93. The summed E-state index contributed by atoms with van der Waals surface area (Å²) >= 11 is 1.49. The number of hydrogen-bond acceptors (Lipinski definition) is 6. The van der Waals surface area contributed by atoms with Crippen molar-refractivity contribution in [3.8, 4) is 0 Å². The highest BCUT2D eigenvalue weighted by atomic mass is 32.1. The maximum atomic E-state index is 12.8. The van der Waals surface area contributed by atoms with Gasteiger partial charge in [0.15, 0.2) is 0 Å². The number of aryl methyl sites for hydroxylation is 1. The third kappa shape index (κ3) is 3.09. The number of rotatable bonds is 2. The molecule has 1 fully saturated rings. The molecule has 0 radical (unpaired) electrons. The number of piperidine rings is 1. The first kappa shape index (κ1) is 19.0. The Morgan fingerprint density at radius 3 is 2.57 bits per heavy atom. The molecule has 2 amide bonds. The summed E-state index contributed by atoms with van der Waals surface area (Å²) in [6.07, 6.45) is 3.25. The van der Waals surface area contributed by atoms with Crippen LogP contribution in [-0.2, 0) is 5.41 Å². The minimum atomic E-state index is -0.223. The van der Waals surface area contributed by atoms with E-state index < -0.39 is 0 Å². The Labute approximate surface area is 168 Å². The van der Waals surface area contributed by atoms with E-state index in [2.05, 4.69) is 23.8 Å². The molecule has 4 rings (SSSR count). The van der Waals surface area contributed by atoms with E-state index in [4.69, 9.17) is 4.98 Å². The molecule has 8 heteroatoms. The average molecular weight is 400 g/mol. The summed E-state index contributed by atoms with van der Waals surface area (Å²) in [5.74, 6) is 0.941. The minimum Gasteiger partial charge on any atom is -0.341 e. The van der Waals surface area contributed by atoms with Crippen LogP contribution in [0.2, 0.25) is 0 Å². The molecule has 0 unspecified atom stereocenters. The van der Waals surface area contributed by atoms with Crippen LogP contribution in [0, 0.1) is 6.92 Å². The largest absolute Gasteiger partial charge is 0.341 e. The lowest BCUT2D eigenvalue weighted by Gasteiger charge is -2.46. The number of fused-ring (bicyclic) bond motifs is 2. The molecule has 1 saturated heterocycles. The first-order chi connectivity index (χ1) is 13.3. The number of nitrogens with zero attached hydrogens (tertiary/aromatic N) is 5. The van der Waals surface area contributed by atoms with Gasteiger partial charge in [-0.1, -0.05) is 13.8 Å². The normalized spacial score (nSPS) is 18.7. The van der Waals surface area contributed by atoms with Crippen molar-refractivity contribution in [2.24, 2.45) is 0 Å². The molecular weight excluding hydrogens is 374 g/mol. The second-order valence-electron chi connectivity index (χ2n) is 8.13. The van der Waals surface area contributed by atoms with E-state index in [1.807, 2.05) is 24.3 Å². The van der Waals surface area contributed by atoms with Gasteiger partial charge in [-0.2, -0.15) is 0 Å². The maximum Gasteiger partial charge on any atom is 0.273 e. The zero-order valence-electron chi connectivity index (χ0n) is 16.7. The number of amides is 2. The SMILES string of the molecule is Cc1nc(C(=O)N2CCC3(CC2)CN(C)C(=O)c2cnc(C(C)C)nc23)cs1. The van der Waals surface area contributed by atoms with Crippen molar-refractivity contribution in [2.45, 2.75) is 44.9 Å². The first-order valence-corrected chi connectivity index (χ1v) is 10.5. The summed E-state index contributed by atoms with van der Waals surface area (Å²) in [4.78, 5) is 42.6. The molecule has 7 nitrogen and oxygen atoms in total. The molecule has 148 valence electrons. The molecule has 0 saturated carbocycles. The molecule has 0 aliphatic carbocycles. The van der Waals surface area contributed by atoms with E-state index in [0.717, 1.165) is 29.4 Å². The third-order valence-corrected chi connectivity index (χ3v) is 6.56. The lowest BCUT2D eigenvalue weighted by Crippen LogP contribution is -2.54. The molecule has 0 bridgehead atoms. The summed E-state index contributed by atoms with van der Waals surface area (Å²) < 4.78 is 0. The number of hydrogen-bond donors (Lipinski definition) is 0. The smallest absolute Gasteiger partial charge is 0.273 e. The van der Waals surface area contributed by atoms with Crippen LogP contribution in [0.1, 0.15) is 70.0 Å². The van der Waals surface area contributed by atoms with Crippen molar-refractivity contribution in [2.75, 3.05) is 26.7 Å². The van der Waals surface area contributed by atoms with E-state index >= 15 is 0 Å². The summed E-state index contributed by atoms with van der Waals surface area (Å²) in [6, 6.07) is 0. The van der Waals surface area contributed by atoms with Crippen LogP contribution in [0.4, 0.5) is 0 Å². The van der Waals surface area contributed by atoms with Crippen LogP contribution in [0.15, 0.2) is 11.6 Å². The molecule has 2 aliphatic rings. The van der Waals surface area contributed by atoms with Gasteiger partial charge in [0.2, 0.25) is 0 Å². The predicted octanol–water partition coefficient (Wildman–Crippen LogP) is 2.62. The molecule has 0 aromatic carbocycles.